The summed E-state index contributed by atoms with van der Waals surface area (Å²) in [4.78, 5) is 0. The summed E-state index contributed by atoms with van der Waals surface area (Å²) in [7, 11) is 3.28. The number of benzene rings is 1. The molecule has 1 aromatic heterocycles. The molecule has 0 saturated heterocycles. The van der Waals surface area contributed by atoms with Gasteiger partial charge in [0.1, 0.15) is 11.4 Å². The van der Waals surface area contributed by atoms with Crippen molar-refractivity contribution in [1.82, 2.24) is 9.78 Å². The number of nitrogens with zero attached hydrogens (tertiary/aromatic N) is 2. The van der Waals surface area contributed by atoms with Gasteiger partial charge < -0.3 is 15.2 Å². The van der Waals surface area contributed by atoms with Gasteiger partial charge in [-0.3, -0.25) is 4.68 Å². The van der Waals surface area contributed by atoms with E-state index in [1.165, 1.54) is 0 Å². The molecule has 0 aliphatic heterocycles. The first kappa shape index (κ1) is 15.4. The molecule has 1 unspecified atom stereocenters. The van der Waals surface area contributed by atoms with Crippen LogP contribution in [0.25, 0.3) is 0 Å². The van der Waals surface area contributed by atoms with Gasteiger partial charge in [-0.1, -0.05) is 17.7 Å². The van der Waals surface area contributed by atoms with Crippen molar-refractivity contribution in [1.29, 1.82) is 0 Å². The highest BCUT2D eigenvalue weighted by molar-refractivity contribution is 5.45. The zero-order chi connectivity index (χ0) is 15.6. The standard InChI is InChI=1S/C16H23N3O2/c1-10(2)19-16(14(21-5)9-18-19)15(17)12-8-11(3)6-7-13(12)20-4/h6-10,15H,17H2,1-5H3. The highest BCUT2D eigenvalue weighted by Gasteiger charge is 2.24. The molecular weight excluding hydrogens is 266 g/mol. The molecule has 5 heteroatoms. The lowest BCUT2D eigenvalue weighted by molar-refractivity contribution is 0.393. The zero-order valence-corrected chi connectivity index (χ0v) is 13.3. The van der Waals surface area contributed by atoms with Gasteiger partial charge in [-0.25, -0.2) is 0 Å². The summed E-state index contributed by atoms with van der Waals surface area (Å²) in [6, 6.07) is 5.82. The molecule has 2 rings (SSSR count). The molecule has 0 aliphatic rings. The lowest BCUT2D eigenvalue weighted by atomic mass is 10.0. The maximum absolute atomic E-state index is 6.50. The van der Waals surface area contributed by atoms with Crippen LogP contribution in [0.5, 0.6) is 11.5 Å². The van der Waals surface area contributed by atoms with Crippen LogP contribution < -0.4 is 15.2 Å². The molecule has 2 aromatic rings. The second-order valence-corrected chi connectivity index (χ2v) is 5.36. The van der Waals surface area contributed by atoms with Crippen molar-refractivity contribution in [3.63, 3.8) is 0 Å². The Morgan fingerprint density at radius 3 is 2.38 bits per heavy atom. The molecule has 0 spiro atoms. The Kier molecular flexibility index (Phi) is 4.53. The van der Waals surface area contributed by atoms with Crippen molar-refractivity contribution in [2.75, 3.05) is 14.2 Å². The third-order valence-corrected chi connectivity index (χ3v) is 3.52. The number of hydrogen-bond donors (Lipinski definition) is 1. The molecule has 1 aromatic carbocycles. The van der Waals surface area contributed by atoms with E-state index in [0.717, 1.165) is 22.6 Å². The maximum atomic E-state index is 6.50. The third kappa shape index (κ3) is 2.88. The number of aromatic nitrogens is 2. The summed E-state index contributed by atoms with van der Waals surface area (Å²) in [5, 5.41) is 4.38. The molecule has 114 valence electrons. The van der Waals surface area contributed by atoms with Gasteiger partial charge in [-0.2, -0.15) is 5.10 Å². The normalized spacial score (nSPS) is 12.5. The minimum absolute atomic E-state index is 0.200. The van der Waals surface area contributed by atoms with E-state index in [1.807, 2.05) is 29.8 Å². The first-order valence-corrected chi connectivity index (χ1v) is 7.01. The van der Waals surface area contributed by atoms with Crippen LogP contribution in [0.15, 0.2) is 24.4 Å². The highest BCUT2D eigenvalue weighted by atomic mass is 16.5. The van der Waals surface area contributed by atoms with Crippen LogP contribution in [-0.4, -0.2) is 24.0 Å². The summed E-state index contributed by atoms with van der Waals surface area (Å²) < 4.78 is 12.8. The minimum atomic E-state index is -0.361. The fourth-order valence-corrected chi connectivity index (χ4v) is 2.46. The largest absolute Gasteiger partial charge is 0.496 e. The van der Waals surface area contributed by atoms with Gasteiger partial charge >= 0.3 is 0 Å². The van der Waals surface area contributed by atoms with Crippen LogP contribution in [0.1, 0.15) is 42.8 Å². The van der Waals surface area contributed by atoms with E-state index in [4.69, 9.17) is 15.2 Å². The van der Waals surface area contributed by atoms with E-state index in [1.54, 1.807) is 20.4 Å². The van der Waals surface area contributed by atoms with E-state index in [0.29, 0.717) is 5.75 Å². The molecule has 0 radical (unpaired) electrons. The Balaban J connectivity index is 2.56. The van der Waals surface area contributed by atoms with E-state index < -0.39 is 0 Å². The fraction of sp³-hybridized carbons (Fsp3) is 0.438. The number of ether oxygens (including phenoxy) is 2. The molecule has 0 fully saturated rings. The van der Waals surface area contributed by atoms with Crippen LogP contribution >= 0.6 is 0 Å². The molecule has 2 N–H and O–H groups in total. The lowest BCUT2D eigenvalue weighted by Gasteiger charge is -2.20. The second-order valence-electron chi connectivity index (χ2n) is 5.36. The zero-order valence-electron chi connectivity index (χ0n) is 13.3. The Labute approximate surface area is 125 Å². The average molecular weight is 289 g/mol. The number of rotatable bonds is 5. The van der Waals surface area contributed by atoms with Gasteiger partial charge in [-0.15, -0.1) is 0 Å². The monoisotopic (exact) mass is 289 g/mol. The van der Waals surface area contributed by atoms with Crippen LogP contribution in [0.2, 0.25) is 0 Å². The Bertz CT molecular complexity index is 620. The van der Waals surface area contributed by atoms with Gasteiger partial charge in [-0.05, 0) is 26.8 Å². The molecule has 5 nitrogen and oxygen atoms in total. The summed E-state index contributed by atoms with van der Waals surface area (Å²) in [6.07, 6.45) is 1.71. The Morgan fingerprint density at radius 1 is 1.14 bits per heavy atom. The third-order valence-electron chi connectivity index (χ3n) is 3.52. The van der Waals surface area contributed by atoms with E-state index in [2.05, 4.69) is 18.9 Å². The molecule has 0 saturated carbocycles. The number of methoxy groups -OCH3 is 2. The van der Waals surface area contributed by atoms with E-state index >= 15 is 0 Å². The van der Waals surface area contributed by atoms with Gasteiger partial charge in [0, 0.05) is 11.6 Å². The number of nitrogens with two attached hydrogens (primary N) is 1. The van der Waals surface area contributed by atoms with Gasteiger partial charge in [0.2, 0.25) is 0 Å². The Hall–Kier alpha value is -2.01. The van der Waals surface area contributed by atoms with Crippen molar-refractivity contribution in [2.45, 2.75) is 32.9 Å². The summed E-state index contributed by atoms with van der Waals surface area (Å²) in [6.45, 7) is 6.17. The molecule has 1 heterocycles. The lowest BCUT2D eigenvalue weighted by Crippen LogP contribution is -2.20. The molecule has 0 bridgehead atoms. The van der Waals surface area contributed by atoms with Gasteiger partial charge in [0.15, 0.2) is 5.75 Å². The van der Waals surface area contributed by atoms with Crippen molar-refractivity contribution in [2.24, 2.45) is 5.73 Å². The number of aryl methyl sites for hydroxylation is 1. The summed E-state index contributed by atoms with van der Waals surface area (Å²) in [5.41, 5.74) is 9.42. The average Bonchev–Trinajstić information content (AvgIpc) is 2.90. The van der Waals surface area contributed by atoms with Crippen molar-refractivity contribution >= 4 is 0 Å². The van der Waals surface area contributed by atoms with Gasteiger partial charge in [0.05, 0.1) is 26.5 Å². The molecule has 0 aliphatic carbocycles. The minimum Gasteiger partial charge on any atom is -0.496 e. The molecule has 0 amide bonds. The van der Waals surface area contributed by atoms with E-state index in [9.17, 15) is 0 Å². The quantitative estimate of drug-likeness (QED) is 0.919. The second kappa shape index (κ2) is 6.18. The highest BCUT2D eigenvalue weighted by Crippen LogP contribution is 2.34. The van der Waals surface area contributed by atoms with Crippen LogP contribution in [-0.2, 0) is 0 Å². The van der Waals surface area contributed by atoms with Gasteiger partial charge in [0.25, 0.3) is 0 Å². The fourth-order valence-electron chi connectivity index (χ4n) is 2.46. The first-order chi connectivity index (χ1) is 9.99. The van der Waals surface area contributed by atoms with Crippen LogP contribution in [0.3, 0.4) is 0 Å². The SMILES string of the molecule is COc1ccc(C)cc1C(N)c1c(OC)cnn1C(C)C. The maximum Gasteiger partial charge on any atom is 0.161 e. The van der Waals surface area contributed by atoms with Crippen molar-refractivity contribution in [3.05, 3.63) is 41.2 Å². The predicted molar refractivity (Wildman–Crippen MR) is 82.9 cm³/mol. The van der Waals surface area contributed by atoms with Crippen LogP contribution in [0.4, 0.5) is 0 Å². The van der Waals surface area contributed by atoms with Crippen molar-refractivity contribution in [3.8, 4) is 11.5 Å². The molecule has 1 atom stereocenters. The first-order valence-electron chi connectivity index (χ1n) is 7.01. The molecule has 21 heavy (non-hydrogen) atoms. The Morgan fingerprint density at radius 2 is 1.81 bits per heavy atom. The van der Waals surface area contributed by atoms with E-state index in [-0.39, 0.29) is 12.1 Å². The summed E-state index contributed by atoms with van der Waals surface area (Å²) in [5.74, 6) is 1.46. The predicted octanol–water partition coefficient (Wildman–Crippen LogP) is 2.84. The van der Waals surface area contributed by atoms with Crippen molar-refractivity contribution < 1.29 is 9.47 Å². The molecular formula is C16H23N3O2. The summed E-state index contributed by atoms with van der Waals surface area (Å²) >= 11 is 0. The topological polar surface area (TPSA) is 62.3 Å². The smallest absolute Gasteiger partial charge is 0.161 e. The number of hydrogen-bond acceptors (Lipinski definition) is 4. The van der Waals surface area contributed by atoms with Crippen LogP contribution in [0, 0.1) is 6.92 Å².